The summed E-state index contributed by atoms with van der Waals surface area (Å²) in [6.07, 6.45) is 1.42. The molecule has 0 saturated carbocycles. The van der Waals surface area contributed by atoms with Crippen molar-refractivity contribution < 1.29 is 9.90 Å². The molecule has 2 aromatic rings. The Morgan fingerprint density at radius 3 is 2.79 bits per heavy atom. The molecule has 0 spiro atoms. The summed E-state index contributed by atoms with van der Waals surface area (Å²) in [4.78, 5) is 18.4. The fourth-order valence-electron chi connectivity index (χ4n) is 1.65. The van der Waals surface area contributed by atoms with Gasteiger partial charge in [0.05, 0.1) is 17.8 Å². The summed E-state index contributed by atoms with van der Waals surface area (Å²) in [6, 6.07) is 6.20. The molecule has 1 heterocycles. The van der Waals surface area contributed by atoms with Crippen LogP contribution in [0.2, 0.25) is 5.02 Å². The maximum absolute atomic E-state index is 10.9. The number of pyridine rings is 1. The summed E-state index contributed by atoms with van der Waals surface area (Å²) < 4.78 is 0. The highest BCUT2D eigenvalue weighted by Gasteiger charge is 2.10. The van der Waals surface area contributed by atoms with Gasteiger partial charge in [0.15, 0.2) is 5.69 Å². The van der Waals surface area contributed by atoms with E-state index in [2.05, 4.69) is 9.83 Å². The number of carboxylic acids is 1. The molecule has 0 saturated heterocycles. The lowest BCUT2D eigenvalue weighted by atomic mass is 10.1. The molecule has 19 heavy (non-hydrogen) atoms. The standard InChI is InChI=1S/C14H9ClN2O2/c1-8-11(15)5-10(7-12(8)16-2)13-6-9(14(18)19)3-4-17-13/h3-7H,1H3,(H,18,19). The number of aromatic carboxylic acids is 1. The van der Waals surface area contributed by atoms with Crippen LogP contribution in [0.3, 0.4) is 0 Å². The van der Waals surface area contributed by atoms with Crippen molar-refractivity contribution in [1.82, 2.24) is 4.98 Å². The number of halogens is 1. The molecule has 1 aromatic heterocycles. The molecule has 4 nitrogen and oxygen atoms in total. The molecule has 0 radical (unpaired) electrons. The first-order chi connectivity index (χ1) is 9.02. The van der Waals surface area contributed by atoms with Crippen molar-refractivity contribution in [1.29, 1.82) is 0 Å². The Hall–Kier alpha value is -2.38. The second kappa shape index (κ2) is 5.09. The van der Waals surface area contributed by atoms with Crippen LogP contribution < -0.4 is 0 Å². The second-order valence-corrected chi connectivity index (χ2v) is 4.36. The van der Waals surface area contributed by atoms with E-state index in [9.17, 15) is 4.79 Å². The van der Waals surface area contributed by atoms with Gasteiger partial charge in [0.25, 0.3) is 0 Å². The van der Waals surface area contributed by atoms with Gasteiger partial charge in [-0.05, 0) is 42.3 Å². The lowest BCUT2D eigenvalue weighted by molar-refractivity contribution is 0.0697. The maximum atomic E-state index is 10.9. The molecule has 0 unspecified atom stereocenters. The lowest BCUT2D eigenvalue weighted by Crippen LogP contribution is -1.97. The van der Waals surface area contributed by atoms with Crippen molar-refractivity contribution in [3.05, 3.63) is 58.0 Å². The molecule has 0 bridgehead atoms. The second-order valence-electron chi connectivity index (χ2n) is 3.95. The molecule has 94 valence electrons. The summed E-state index contributed by atoms with van der Waals surface area (Å²) in [5.41, 5.74) is 2.39. The number of carbonyl (C=O) groups is 1. The van der Waals surface area contributed by atoms with E-state index in [1.165, 1.54) is 18.3 Å². The molecule has 2 rings (SSSR count). The zero-order valence-electron chi connectivity index (χ0n) is 10.0. The summed E-state index contributed by atoms with van der Waals surface area (Å²) in [5.74, 6) is -1.02. The molecule has 0 fully saturated rings. The van der Waals surface area contributed by atoms with Crippen LogP contribution in [0, 0.1) is 13.5 Å². The van der Waals surface area contributed by atoms with Gasteiger partial charge in [-0.15, -0.1) is 0 Å². The minimum Gasteiger partial charge on any atom is -0.478 e. The highest BCUT2D eigenvalue weighted by Crippen LogP contribution is 2.32. The molecule has 0 aliphatic carbocycles. The minimum absolute atomic E-state index is 0.144. The average molecular weight is 273 g/mol. The van der Waals surface area contributed by atoms with Crippen molar-refractivity contribution in [2.45, 2.75) is 6.92 Å². The van der Waals surface area contributed by atoms with E-state index in [1.807, 2.05) is 0 Å². The zero-order chi connectivity index (χ0) is 14.0. The normalized spacial score (nSPS) is 9.95. The topological polar surface area (TPSA) is 54.5 Å². The fraction of sp³-hybridized carbons (Fsp3) is 0.0714. The van der Waals surface area contributed by atoms with Crippen LogP contribution in [0.1, 0.15) is 15.9 Å². The first-order valence-corrected chi connectivity index (χ1v) is 5.78. The molecular weight excluding hydrogens is 264 g/mol. The Morgan fingerprint density at radius 1 is 1.42 bits per heavy atom. The van der Waals surface area contributed by atoms with Gasteiger partial charge in [0.1, 0.15) is 0 Å². The highest BCUT2D eigenvalue weighted by molar-refractivity contribution is 6.32. The quantitative estimate of drug-likeness (QED) is 0.842. The molecule has 0 atom stereocenters. The Kier molecular flexibility index (Phi) is 3.50. The molecule has 0 amide bonds. The Bertz CT molecular complexity index is 705. The van der Waals surface area contributed by atoms with Crippen LogP contribution in [0.4, 0.5) is 5.69 Å². The first kappa shape index (κ1) is 13.1. The van der Waals surface area contributed by atoms with Crippen LogP contribution in [-0.2, 0) is 0 Å². The van der Waals surface area contributed by atoms with Gasteiger partial charge in [-0.3, -0.25) is 4.98 Å². The molecule has 0 aliphatic rings. The van der Waals surface area contributed by atoms with E-state index in [0.29, 0.717) is 27.5 Å². The smallest absolute Gasteiger partial charge is 0.335 e. The van der Waals surface area contributed by atoms with Crippen molar-refractivity contribution >= 4 is 23.3 Å². The fourth-order valence-corrected chi connectivity index (χ4v) is 1.86. The predicted molar refractivity (Wildman–Crippen MR) is 72.6 cm³/mol. The monoisotopic (exact) mass is 272 g/mol. The molecular formula is C14H9ClN2O2. The predicted octanol–water partition coefficient (Wildman–Crippen LogP) is 3.96. The zero-order valence-corrected chi connectivity index (χ0v) is 10.8. The van der Waals surface area contributed by atoms with Crippen LogP contribution in [-0.4, -0.2) is 16.1 Å². The minimum atomic E-state index is -1.02. The molecule has 5 heteroatoms. The number of hydrogen-bond acceptors (Lipinski definition) is 2. The molecule has 0 aliphatic heterocycles. The van der Waals surface area contributed by atoms with Crippen LogP contribution in [0.5, 0.6) is 0 Å². The van der Waals surface area contributed by atoms with Crippen LogP contribution in [0.15, 0.2) is 30.5 Å². The van der Waals surface area contributed by atoms with E-state index in [1.54, 1.807) is 19.1 Å². The third-order valence-corrected chi connectivity index (χ3v) is 3.13. The molecule has 1 N–H and O–H groups in total. The lowest BCUT2D eigenvalue weighted by Gasteiger charge is -2.06. The van der Waals surface area contributed by atoms with Gasteiger partial charge in [-0.1, -0.05) is 11.6 Å². The number of aromatic nitrogens is 1. The van der Waals surface area contributed by atoms with Gasteiger partial charge in [-0.2, -0.15) is 0 Å². The number of carboxylic acid groups (broad SMARTS) is 1. The van der Waals surface area contributed by atoms with Crippen molar-refractivity contribution in [3.8, 4) is 11.3 Å². The Balaban J connectivity index is 2.60. The van der Waals surface area contributed by atoms with Crippen LogP contribution in [0.25, 0.3) is 16.1 Å². The summed E-state index contributed by atoms with van der Waals surface area (Å²) in [6.45, 7) is 8.87. The van der Waals surface area contributed by atoms with Crippen molar-refractivity contribution in [2.75, 3.05) is 0 Å². The van der Waals surface area contributed by atoms with Gasteiger partial charge in [0, 0.05) is 11.2 Å². The maximum Gasteiger partial charge on any atom is 0.335 e. The van der Waals surface area contributed by atoms with E-state index < -0.39 is 5.97 Å². The summed E-state index contributed by atoms with van der Waals surface area (Å²) in [7, 11) is 0. The van der Waals surface area contributed by atoms with Gasteiger partial charge in [-0.25, -0.2) is 9.64 Å². The third kappa shape index (κ3) is 2.56. The van der Waals surface area contributed by atoms with E-state index in [0.717, 1.165) is 0 Å². The van der Waals surface area contributed by atoms with Gasteiger partial charge >= 0.3 is 5.97 Å². The van der Waals surface area contributed by atoms with Gasteiger partial charge in [0.2, 0.25) is 0 Å². The largest absolute Gasteiger partial charge is 0.478 e. The third-order valence-electron chi connectivity index (χ3n) is 2.74. The van der Waals surface area contributed by atoms with Crippen LogP contribution >= 0.6 is 11.6 Å². The first-order valence-electron chi connectivity index (χ1n) is 5.40. The number of rotatable bonds is 2. The number of nitrogens with zero attached hydrogens (tertiary/aromatic N) is 2. The molecule has 1 aromatic carbocycles. The Morgan fingerprint density at radius 2 is 2.16 bits per heavy atom. The summed E-state index contributed by atoms with van der Waals surface area (Å²) in [5, 5.41) is 9.42. The highest BCUT2D eigenvalue weighted by atomic mass is 35.5. The number of benzene rings is 1. The average Bonchev–Trinajstić information content (AvgIpc) is 2.41. The van der Waals surface area contributed by atoms with E-state index in [-0.39, 0.29) is 5.56 Å². The van der Waals surface area contributed by atoms with E-state index >= 15 is 0 Å². The van der Waals surface area contributed by atoms with Gasteiger partial charge < -0.3 is 5.11 Å². The van der Waals surface area contributed by atoms with E-state index in [4.69, 9.17) is 23.3 Å². The Labute approximate surface area is 115 Å². The van der Waals surface area contributed by atoms with Crippen molar-refractivity contribution in [3.63, 3.8) is 0 Å². The van der Waals surface area contributed by atoms with Crippen molar-refractivity contribution in [2.24, 2.45) is 0 Å². The number of hydrogen-bond donors (Lipinski definition) is 1. The summed E-state index contributed by atoms with van der Waals surface area (Å²) >= 11 is 6.06. The SMILES string of the molecule is [C-]#[N+]c1cc(-c2cc(C(=O)O)ccn2)cc(Cl)c1C.